The summed E-state index contributed by atoms with van der Waals surface area (Å²) in [6.07, 6.45) is 5.09. The minimum Gasteiger partial charge on any atom is -0.389 e. The summed E-state index contributed by atoms with van der Waals surface area (Å²) >= 11 is 0. The van der Waals surface area contributed by atoms with Crippen molar-refractivity contribution in [3.8, 4) is 0 Å². The molecule has 150 valence electrons. The van der Waals surface area contributed by atoms with E-state index in [1.165, 1.54) is 0 Å². The Balaban J connectivity index is 1.33. The van der Waals surface area contributed by atoms with Gasteiger partial charge in [0, 0.05) is 25.4 Å². The van der Waals surface area contributed by atoms with Crippen LogP contribution in [0.3, 0.4) is 0 Å². The fraction of sp³-hybridized carbons (Fsp3) is 0.571. The monoisotopic (exact) mass is 385 g/mol. The third-order valence-corrected chi connectivity index (χ3v) is 6.46. The van der Waals surface area contributed by atoms with Crippen molar-refractivity contribution < 1.29 is 19.5 Å². The van der Waals surface area contributed by atoms with Gasteiger partial charge in [-0.1, -0.05) is 31.0 Å². The highest BCUT2D eigenvalue weighted by Crippen LogP contribution is 2.39. The molecule has 2 aliphatic heterocycles. The van der Waals surface area contributed by atoms with E-state index in [-0.39, 0.29) is 30.6 Å². The minimum absolute atomic E-state index is 0.00664. The average Bonchev–Trinajstić information content (AvgIpc) is 2.99. The van der Waals surface area contributed by atoms with Crippen LogP contribution in [0.25, 0.3) is 0 Å². The first-order valence-corrected chi connectivity index (χ1v) is 10.2. The molecule has 0 bridgehead atoms. The number of hydrogen-bond donors (Lipinski definition) is 2. The Morgan fingerprint density at radius 2 is 1.96 bits per heavy atom. The van der Waals surface area contributed by atoms with Crippen LogP contribution in [0.5, 0.6) is 0 Å². The largest absolute Gasteiger partial charge is 0.389 e. The number of piperidine rings is 1. The van der Waals surface area contributed by atoms with Gasteiger partial charge in [0.1, 0.15) is 6.04 Å². The summed E-state index contributed by atoms with van der Waals surface area (Å²) in [5, 5.41) is 13.4. The molecule has 1 aromatic carbocycles. The number of anilines is 1. The van der Waals surface area contributed by atoms with Crippen molar-refractivity contribution in [1.29, 1.82) is 0 Å². The number of urea groups is 1. The number of likely N-dealkylation sites (tertiary alicyclic amines) is 1. The first-order valence-electron chi connectivity index (χ1n) is 10.2. The molecule has 0 aromatic heterocycles. The number of benzene rings is 1. The predicted molar refractivity (Wildman–Crippen MR) is 104 cm³/mol. The molecule has 0 spiro atoms. The zero-order valence-corrected chi connectivity index (χ0v) is 16.0. The van der Waals surface area contributed by atoms with Crippen LogP contribution in [0.1, 0.15) is 44.9 Å². The minimum atomic E-state index is -0.673. The van der Waals surface area contributed by atoms with Gasteiger partial charge in [-0.25, -0.2) is 9.69 Å². The van der Waals surface area contributed by atoms with Gasteiger partial charge in [0.05, 0.1) is 11.3 Å². The number of amides is 4. The van der Waals surface area contributed by atoms with Gasteiger partial charge in [0.2, 0.25) is 5.91 Å². The SMILES string of the molecule is O=C(CC[C@@H]1NC(=O)N(c2ccccc2)C1=O)N1CCC2(O)CCCCC2C1. The van der Waals surface area contributed by atoms with E-state index in [0.717, 1.165) is 30.6 Å². The molecule has 2 saturated heterocycles. The molecular weight excluding hydrogens is 358 g/mol. The molecule has 1 aromatic rings. The van der Waals surface area contributed by atoms with Crippen molar-refractivity contribution in [3.63, 3.8) is 0 Å². The normalized spacial score (nSPS) is 30.2. The standard InChI is InChI=1S/C21H27N3O4/c25-18(23-13-12-21(28)11-5-4-6-15(21)14-23)10-9-17-19(26)24(20(27)22-17)16-7-2-1-3-8-16/h1-3,7-8,15,17,28H,4-6,9-14H2,(H,22,27)/t15?,17-,21?/m0/s1. The van der Waals surface area contributed by atoms with Crippen LogP contribution in [-0.4, -0.2) is 52.6 Å². The molecule has 1 saturated carbocycles. The summed E-state index contributed by atoms with van der Waals surface area (Å²) in [5.41, 5.74) is -0.0768. The number of nitrogens with one attached hydrogen (secondary N) is 1. The molecule has 3 aliphatic rings. The van der Waals surface area contributed by atoms with Crippen LogP contribution in [0.15, 0.2) is 30.3 Å². The Kier molecular flexibility index (Phi) is 5.10. The van der Waals surface area contributed by atoms with Crippen molar-refractivity contribution in [2.24, 2.45) is 5.92 Å². The van der Waals surface area contributed by atoms with Crippen LogP contribution in [0.2, 0.25) is 0 Å². The van der Waals surface area contributed by atoms with Crippen molar-refractivity contribution >= 4 is 23.5 Å². The summed E-state index contributed by atoms with van der Waals surface area (Å²) in [5.74, 6) is -0.169. The molecule has 0 radical (unpaired) electrons. The lowest BCUT2D eigenvalue weighted by molar-refractivity contribution is -0.143. The second-order valence-electron chi connectivity index (χ2n) is 8.19. The number of nitrogens with zero attached hydrogens (tertiary/aromatic N) is 2. The molecule has 4 amide bonds. The van der Waals surface area contributed by atoms with Crippen LogP contribution in [-0.2, 0) is 9.59 Å². The molecule has 4 rings (SSSR count). The third-order valence-electron chi connectivity index (χ3n) is 6.46. The lowest BCUT2D eigenvalue weighted by Crippen LogP contribution is -2.54. The van der Waals surface area contributed by atoms with E-state index < -0.39 is 17.7 Å². The summed E-state index contributed by atoms with van der Waals surface area (Å²) < 4.78 is 0. The van der Waals surface area contributed by atoms with Gasteiger partial charge in [-0.05, 0) is 37.8 Å². The van der Waals surface area contributed by atoms with Gasteiger partial charge in [0.15, 0.2) is 0 Å². The summed E-state index contributed by atoms with van der Waals surface area (Å²) in [6.45, 7) is 1.16. The number of imide groups is 1. The quantitative estimate of drug-likeness (QED) is 0.776. The van der Waals surface area contributed by atoms with Crippen molar-refractivity contribution in [3.05, 3.63) is 30.3 Å². The van der Waals surface area contributed by atoms with Crippen LogP contribution in [0, 0.1) is 5.92 Å². The molecule has 3 fully saturated rings. The number of para-hydroxylation sites is 1. The average molecular weight is 385 g/mol. The fourth-order valence-corrected chi connectivity index (χ4v) is 4.77. The number of hydrogen-bond acceptors (Lipinski definition) is 4. The molecule has 2 unspecified atom stereocenters. The molecule has 2 N–H and O–H groups in total. The van der Waals surface area contributed by atoms with Gasteiger partial charge in [-0.2, -0.15) is 0 Å². The van der Waals surface area contributed by atoms with Gasteiger partial charge in [0.25, 0.3) is 5.91 Å². The molecule has 3 atom stereocenters. The zero-order valence-electron chi connectivity index (χ0n) is 16.0. The van der Waals surface area contributed by atoms with Crippen molar-refractivity contribution in [1.82, 2.24) is 10.2 Å². The van der Waals surface area contributed by atoms with Gasteiger partial charge in [-0.15, -0.1) is 0 Å². The maximum atomic E-state index is 12.7. The lowest BCUT2D eigenvalue weighted by Gasteiger charge is -2.47. The summed E-state index contributed by atoms with van der Waals surface area (Å²) in [6, 6.07) is 7.68. The second kappa shape index (κ2) is 7.54. The topological polar surface area (TPSA) is 90.0 Å². The number of rotatable bonds is 4. The van der Waals surface area contributed by atoms with E-state index in [9.17, 15) is 19.5 Å². The van der Waals surface area contributed by atoms with E-state index >= 15 is 0 Å². The Morgan fingerprint density at radius 1 is 1.18 bits per heavy atom. The Morgan fingerprint density at radius 3 is 2.75 bits per heavy atom. The highest BCUT2D eigenvalue weighted by Gasteiger charge is 2.44. The first kappa shape index (κ1) is 18.9. The Hall–Kier alpha value is -2.41. The maximum absolute atomic E-state index is 12.7. The Bertz CT molecular complexity index is 768. The smallest absolute Gasteiger partial charge is 0.329 e. The van der Waals surface area contributed by atoms with E-state index in [4.69, 9.17) is 0 Å². The number of fused-ring (bicyclic) bond motifs is 1. The van der Waals surface area contributed by atoms with Crippen LogP contribution in [0.4, 0.5) is 10.5 Å². The number of aliphatic hydroxyl groups is 1. The third kappa shape index (κ3) is 3.51. The summed E-state index contributed by atoms with van der Waals surface area (Å²) in [4.78, 5) is 40.5. The Labute approximate surface area is 164 Å². The lowest BCUT2D eigenvalue weighted by atomic mass is 9.71. The maximum Gasteiger partial charge on any atom is 0.329 e. The molecular formula is C21H27N3O4. The predicted octanol–water partition coefficient (Wildman–Crippen LogP) is 2.05. The molecule has 7 heteroatoms. The van der Waals surface area contributed by atoms with E-state index in [1.807, 2.05) is 11.0 Å². The molecule has 28 heavy (non-hydrogen) atoms. The van der Waals surface area contributed by atoms with Gasteiger partial charge < -0.3 is 15.3 Å². The number of carbonyl (C=O) groups excluding carboxylic acids is 3. The van der Waals surface area contributed by atoms with Crippen molar-refractivity contribution in [2.45, 2.75) is 56.6 Å². The van der Waals surface area contributed by atoms with Crippen LogP contribution >= 0.6 is 0 Å². The van der Waals surface area contributed by atoms with Crippen LogP contribution < -0.4 is 10.2 Å². The van der Waals surface area contributed by atoms with E-state index in [0.29, 0.717) is 25.2 Å². The highest BCUT2D eigenvalue weighted by atomic mass is 16.3. The number of carbonyl (C=O) groups is 3. The molecule has 1 aliphatic carbocycles. The van der Waals surface area contributed by atoms with Gasteiger partial charge >= 0.3 is 6.03 Å². The van der Waals surface area contributed by atoms with Gasteiger partial charge in [-0.3, -0.25) is 9.59 Å². The van der Waals surface area contributed by atoms with E-state index in [1.54, 1.807) is 24.3 Å². The molecule has 2 heterocycles. The highest BCUT2D eigenvalue weighted by molar-refractivity contribution is 6.21. The zero-order chi connectivity index (χ0) is 19.7. The van der Waals surface area contributed by atoms with E-state index in [2.05, 4.69) is 5.32 Å². The van der Waals surface area contributed by atoms with Crippen molar-refractivity contribution in [2.75, 3.05) is 18.0 Å². The molecule has 7 nitrogen and oxygen atoms in total. The second-order valence-corrected chi connectivity index (χ2v) is 8.19. The summed E-state index contributed by atoms with van der Waals surface area (Å²) in [7, 11) is 0. The fourth-order valence-electron chi connectivity index (χ4n) is 4.77. The first-order chi connectivity index (χ1) is 13.5.